The SMILES string of the molecule is CCCCCCCCCCCCCCCCCCCCCCC(=O)O[C@H](COC(=O)CCCCCCCCCCCCCCCCCC(C)C)COP(=O)(O)OC[C@@H](O)COP(=O)(O)OC[C@@H](COC(=O)CCCCCCCCCCCC(C)C)OC(=O)CCCCCCCCCCCCCCC(C)C. The van der Waals surface area contributed by atoms with E-state index < -0.39 is 97.5 Å². The van der Waals surface area contributed by atoms with Gasteiger partial charge in [-0.3, -0.25) is 37.3 Å². The summed E-state index contributed by atoms with van der Waals surface area (Å²) in [7, 11) is -9.93. The van der Waals surface area contributed by atoms with E-state index in [9.17, 15) is 43.2 Å². The van der Waals surface area contributed by atoms with E-state index in [1.165, 1.54) is 263 Å². The average Bonchev–Trinajstić information content (AvgIpc) is 0.915. The van der Waals surface area contributed by atoms with Gasteiger partial charge in [0.25, 0.3) is 0 Å². The van der Waals surface area contributed by atoms with Gasteiger partial charge in [-0.05, 0) is 43.4 Å². The van der Waals surface area contributed by atoms with Crippen LogP contribution in [-0.4, -0.2) is 96.7 Å². The van der Waals surface area contributed by atoms with Crippen LogP contribution >= 0.6 is 15.6 Å². The molecule has 2 unspecified atom stereocenters. The van der Waals surface area contributed by atoms with E-state index in [1.807, 2.05) is 0 Å². The molecule has 0 aliphatic carbocycles. The molecule has 5 atom stereocenters. The maximum atomic E-state index is 13.2. The second-order valence-electron chi connectivity index (χ2n) is 32.4. The van der Waals surface area contributed by atoms with Crippen molar-refractivity contribution in [1.82, 2.24) is 0 Å². The second kappa shape index (κ2) is 76.1. The highest BCUT2D eigenvalue weighted by molar-refractivity contribution is 7.47. The van der Waals surface area contributed by atoms with Gasteiger partial charge in [0, 0.05) is 25.7 Å². The highest BCUT2D eigenvalue weighted by Crippen LogP contribution is 2.45. The molecule has 19 heteroatoms. The normalized spacial score (nSPS) is 13.9. The molecule has 0 aliphatic heterocycles. The van der Waals surface area contributed by atoms with Gasteiger partial charge < -0.3 is 33.8 Å². The number of unbranched alkanes of at least 4 members (excludes halogenated alkanes) is 52. The Balaban J connectivity index is 5.26. The van der Waals surface area contributed by atoms with Gasteiger partial charge in [0.1, 0.15) is 19.3 Å². The Hall–Kier alpha value is -1.94. The largest absolute Gasteiger partial charge is 0.472 e. The van der Waals surface area contributed by atoms with Crippen molar-refractivity contribution < 1.29 is 80.2 Å². The van der Waals surface area contributed by atoms with Gasteiger partial charge >= 0.3 is 39.5 Å². The predicted molar refractivity (Wildman–Crippen MR) is 432 cm³/mol. The molecule has 0 aromatic rings. The van der Waals surface area contributed by atoms with Crippen LogP contribution in [0.15, 0.2) is 0 Å². The maximum Gasteiger partial charge on any atom is 0.472 e. The van der Waals surface area contributed by atoms with Gasteiger partial charge in [-0.15, -0.1) is 0 Å². The topological polar surface area (TPSA) is 237 Å². The molecule has 0 bridgehead atoms. The van der Waals surface area contributed by atoms with Crippen molar-refractivity contribution in [2.45, 2.75) is 471 Å². The van der Waals surface area contributed by atoms with Crippen molar-refractivity contribution >= 4 is 39.5 Å². The fourth-order valence-electron chi connectivity index (χ4n) is 13.4. The summed E-state index contributed by atoms with van der Waals surface area (Å²) in [6.45, 7) is 12.0. The number of hydrogen-bond donors (Lipinski definition) is 3. The number of aliphatic hydroxyl groups excluding tert-OH is 1. The number of rotatable bonds is 84. The molecule has 105 heavy (non-hydrogen) atoms. The van der Waals surface area contributed by atoms with Crippen molar-refractivity contribution in [2.75, 3.05) is 39.6 Å². The first-order chi connectivity index (χ1) is 50.7. The molecule has 0 heterocycles. The highest BCUT2D eigenvalue weighted by Gasteiger charge is 2.30. The van der Waals surface area contributed by atoms with Crippen molar-refractivity contribution in [3.05, 3.63) is 0 Å². The summed E-state index contributed by atoms with van der Waals surface area (Å²) in [6.07, 6.45) is 66.6. The van der Waals surface area contributed by atoms with Gasteiger partial charge in [0.2, 0.25) is 0 Å². The first-order valence-electron chi connectivity index (χ1n) is 44.3. The molecule has 0 radical (unpaired) electrons. The third-order valence-electron chi connectivity index (χ3n) is 20.1. The van der Waals surface area contributed by atoms with Crippen LogP contribution < -0.4 is 0 Å². The number of aliphatic hydroxyl groups is 1. The lowest BCUT2D eigenvalue weighted by molar-refractivity contribution is -0.161. The van der Waals surface area contributed by atoms with Crippen molar-refractivity contribution in [3.63, 3.8) is 0 Å². The monoisotopic (exact) mass is 1540 g/mol. The number of phosphoric acid groups is 2. The number of carbonyl (C=O) groups excluding carboxylic acids is 4. The first kappa shape index (κ1) is 103. The highest BCUT2D eigenvalue weighted by atomic mass is 31.2. The summed E-state index contributed by atoms with van der Waals surface area (Å²) in [5.74, 6) is 0.222. The molecule has 17 nitrogen and oxygen atoms in total. The molecule has 0 saturated carbocycles. The van der Waals surface area contributed by atoms with Crippen LogP contribution in [0.2, 0.25) is 0 Å². The van der Waals surface area contributed by atoms with Gasteiger partial charge in [0.15, 0.2) is 12.2 Å². The molecule has 0 saturated heterocycles. The van der Waals surface area contributed by atoms with Gasteiger partial charge in [-0.1, -0.05) is 402 Å². The van der Waals surface area contributed by atoms with Crippen LogP contribution in [0, 0.1) is 17.8 Å². The lowest BCUT2D eigenvalue weighted by atomic mass is 10.0. The first-order valence-corrected chi connectivity index (χ1v) is 47.3. The number of carbonyl (C=O) groups is 4. The third-order valence-corrected chi connectivity index (χ3v) is 22.0. The van der Waals surface area contributed by atoms with E-state index in [1.54, 1.807) is 0 Å². The zero-order valence-electron chi connectivity index (χ0n) is 69.2. The molecule has 0 amide bonds. The Morgan fingerprint density at radius 1 is 0.257 bits per heavy atom. The summed E-state index contributed by atoms with van der Waals surface area (Å²) in [5.41, 5.74) is 0. The van der Waals surface area contributed by atoms with Crippen molar-refractivity contribution in [3.8, 4) is 0 Å². The van der Waals surface area contributed by atoms with E-state index in [0.29, 0.717) is 25.7 Å². The minimum Gasteiger partial charge on any atom is -0.462 e. The molecule has 3 N–H and O–H groups in total. The average molecular weight is 1540 g/mol. The van der Waals surface area contributed by atoms with Crippen LogP contribution in [0.5, 0.6) is 0 Å². The lowest BCUT2D eigenvalue weighted by Gasteiger charge is -2.21. The van der Waals surface area contributed by atoms with Gasteiger partial charge in [-0.2, -0.15) is 0 Å². The lowest BCUT2D eigenvalue weighted by Crippen LogP contribution is -2.30. The zero-order valence-corrected chi connectivity index (χ0v) is 71.0. The van der Waals surface area contributed by atoms with E-state index in [2.05, 4.69) is 48.5 Å². The quantitative estimate of drug-likeness (QED) is 0.0222. The Labute approximate surface area is 645 Å². The van der Waals surface area contributed by atoms with Crippen LogP contribution in [-0.2, 0) is 65.4 Å². The van der Waals surface area contributed by atoms with Crippen LogP contribution in [0.4, 0.5) is 0 Å². The smallest absolute Gasteiger partial charge is 0.462 e. The number of phosphoric ester groups is 2. The third kappa shape index (κ3) is 79.9. The minimum atomic E-state index is -4.97. The van der Waals surface area contributed by atoms with Gasteiger partial charge in [0.05, 0.1) is 26.4 Å². The number of ether oxygens (including phenoxy) is 4. The van der Waals surface area contributed by atoms with Crippen LogP contribution in [0.3, 0.4) is 0 Å². The molecule has 0 aromatic carbocycles. The van der Waals surface area contributed by atoms with Crippen molar-refractivity contribution in [2.24, 2.45) is 17.8 Å². The molecular weight excluding hydrogens is 1370 g/mol. The van der Waals surface area contributed by atoms with Gasteiger partial charge in [-0.25, -0.2) is 9.13 Å². The Morgan fingerprint density at radius 2 is 0.438 bits per heavy atom. The van der Waals surface area contributed by atoms with Crippen LogP contribution in [0.25, 0.3) is 0 Å². The molecule has 0 aromatic heterocycles. The Bertz CT molecular complexity index is 2030. The summed E-state index contributed by atoms with van der Waals surface area (Å²) >= 11 is 0. The molecule has 0 aliphatic rings. The summed E-state index contributed by atoms with van der Waals surface area (Å²) in [4.78, 5) is 73.3. The van der Waals surface area contributed by atoms with Crippen LogP contribution in [0.1, 0.15) is 453 Å². The maximum absolute atomic E-state index is 13.2. The second-order valence-corrected chi connectivity index (χ2v) is 35.3. The standard InChI is InChI=1S/C86H168O17P2/c1-8-9-10-11-12-13-14-15-16-17-18-19-20-23-27-33-40-48-55-62-69-85(90)102-81(73-96-83(88)67-60-53-46-39-32-26-24-21-22-25-30-36-43-50-57-64-77(2)3)75-100-104(92,93)98-71-80(87)72-99-105(94,95)101-76-82(74-97-84(89)68-61-54-47-42-35-38-45-52-59-66-79(6)7)103-86(91)70-63-56-49-41-34-29-28-31-37-44-51-58-65-78(4)5/h77-82,87H,8-76H2,1-7H3,(H,92,93)(H,94,95)/t80-,81-,82-/m1/s1. The number of esters is 4. The van der Waals surface area contributed by atoms with E-state index in [-0.39, 0.29) is 25.7 Å². The fourth-order valence-corrected chi connectivity index (χ4v) is 14.9. The van der Waals surface area contributed by atoms with E-state index in [4.69, 9.17) is 37.0 Å². The summed E-state index contributed by atoms with van der Waals surface area (Å²) < 4.78 is 68.9. The number of hydrogen-bond acceptors (Lipinski definition) is 15. The molecule has 0 spiro atoms. The molecule has 0 rings (SSSR count). The van der Waals surface area contributed by atoms with E-state index in [0.717, 1.165) is 108 Å². The predicted octanol–water partition coefficient (Wildman–Crippen LogP) is 26.1. The Morgan fingerprint density at radius 3 is 0.648 bits per heavy atom. The van der Waals surface area contributed by atoms with E-state index >= 15 is 0 Å². The van der Waals surface area contributed by atoms with Crippen molar-refractivity contribution in [1.29, 1.82) is 0 Å². The summed E-state index contributed by atoms with van der Waals surface area (Å²) in [5, 5.41) is 10.7. The zero-order chi connectivity index (χ0) is 77.2. The molecule has 0 fully saturated rings. The summed E-state index contributed by atoms with van der Waals surface area (Å²) in [6, 6.07) is 0. The fraction of sp³-hybridized carbons (Fsp3) is 0.953. The molecule has 624 valence electrons. The Kier molecular flexibility index (Phi) is 74.7. The molecular formula is C86H168O17P2. The minimum absolute atomic E-state index is 0.107.